The fraction of sp³-hybridized carbons (Fsp3) is 0.318. The van der Waals surface area contributed by atoms with Gasteiger partial charge in [0.2, 0.25) is 11.8 Å². The summed E-state index contributed by atoms with van der Waals surface area (Å²) < 4.78 is 4.98. The first-order valence-corrected chi connectivity index (χ1v) is 9.77. The van der Waals surface area contributed by atoms with Gasteiger partial charge in [-0.1, -0.05) is 12.1 Å². The van der Waals surface area contributed by atoms with Crippen LogP contribution in [0.3, 0.4) is 0 Å². The fourth-order valence-corrected chi connectivity index (χ4v) is 3.26. The smallest absolute Gasteiger partial charge is 0.340 e. The number of benzene rings is 2. The number of amides is 2. The summed E-state index contributed by atoms with van der Waals surface area (Å²) in [6.07, 6.45) is 2.05. The standard InChI is InChI=1S/C22H25N3O4/c1-2-29-22(28)18-7-3-4-8-19(18)24-21(27)15-20(26)23-16-9-11-17(12-10-16)25-13-5-6-14-25/h3-4,7-12H,2,5-6,13-15H2,1H3,(H,23,26)(H,24,27). The highest BCUT2D eigenvalue weighted by Crippen LogP contribution is 2.22. The summed E-state index contributed by atoms with van der Waals surface area (Å²) in [5.41, 5.74) is 2.34. The zero-order valence-electron chi connectivity index (χ0n) is 16.4. The number of esters is 1. The van der Waals surface area contributed by atoms with Crippen LogP contribution >= 0.6 is 0 Å². The van der Waals surface area contributed by atoms with Gasteiger partial charge in [-0.25, -0.2) is 4.79 Å². The van der Waals surface area contributed by atoms with E-state index in [2.05, 4.69) is 15.5 Å². The van der Waals surface area contributed by atoms with E-state index in [9.17, 15) is 14.4 Å². The van der Waals surface area contributed by atoms with Crippen molar-refractivity contribution in [3.05, 3.63) is 54.1 Å². The number of ether oxygens (including phenoxy) is 1. The Morgan fingerprint density at radius 1 is 0.931 bits per heavy atom. The molecule has 0 aromatic heterocycles. The summed E-state index contributed by atoms with van der Waals surface area (Å²) in [6, 6.07) is 14.1. The summed E-state index contributed by atoms with van der Waals surface area (Å²) in [5, 5.41) is 5.33. The average Bonchev–Trinajstić information content (AvgIpc) is 3.24. The molecule has 1 heterocycles. The second-order valence-electron chi connectivity index (χ2n) is 6.78. The number of carbonyl (C=O) groups excluding carboxylic acids is 3. The van der Waals surface area contributed by atoms with Gasteiger partial charge in [0.05, 0.1) is 17.9 Å². The predicted molar refractivity (Wildman–Crippen MR) is 112 cm³/mol. The summed E-state index contributed by atoms with van der Waals surface area (Å²) >= 11 is 0. The van der Waals surface area contributed by atoms with Crippen LogP contribution in [0.2, 0.25) is 0 Å². The van der Waals surface area contributed by atoms with Crippen molar-refractivity contribution < 1.29 is 19.1 Å². The van der Waals surface area contributed by atoms with Crippen LogP contribution in [0.5, 0.6) is 0 Å². The number of nitrogens with zero attached hydrogens (tertiary/aromatic N) is 1. The SMILES string of the molecule is CCOC(=O)c1ccccc1NC(=O)CC(=O)Nc1ccc(N2CCCC2)cc1. The van der Waals surface area contributed by atoms with Gasteiger partial charge in [0.25, 0.3) is 0 Å². The molecule has 2 aromatic carbocycles. The Morgan fingerprint density at radius 3 is 2.28 bits per heavy atom. The first-order chi connectivity index (χ1) is 14.1. The van der Waals surface area contributed by atoms with Crippen LogP contribution in [0.4, 0.5) is 17.1 Å². The van der Waals surface area contributed by atoms with Crippen molar-refractivity contribution in [2.24, 2.45) is 0 Å². The molecule has 0 spiro atoms. The van der Waals surface area contributed by atoms with Gasteiger partial charge < -0.3 is 20.3 Å². The van der Waals surface area contributed by atoms with Gasteiger partial charge in [-0.05, 0) is 56.2 Å². The molecule has 0 atom stereocenters. The number of hydrogen-bond acceptors (Lipinski definition) is 5. The lowest BCUT2D eigenvalue weighted by atomic mass is 10.1. The molecule has 1 aliphatic heterocycles. The van der Waals surface area contributed by atoms with Crippen molar-refractivity contribution in [1.29, 1.82) is 0 Å². The molecule has 0 radical (unpaired) electrons. The van der Waals surface area contributed by atoms with Gasteiger partial charge in [-0.3, -0.25) is 9.59 Å². The molecule has 3 rings (SSSR count). The van der Waals surface area contributed by atoms with Gasteiger partial charge in [0.15, 0.2) is 0 Å². The van der Waals surface area contributed by atoms with E-state index in [-0.39, 0.29) is 18.6 Å². The van der Waals surface area contributed by atoms with E-state index in [1.807, 2.05) is 24.3 Å². The number of carbonyl (C=O) groups is 3. The maximum absolute atomic E-state index is 12.2. The summed E-state index contributed by atoms with van der Waals surface area (Å²) in [5.74, 6) is -1.45. The Morgan fingerprint density at radius 2 is 1.59 bits per heavy atom. The lowest BCUT2D eigenvalue weighted by molar-refractivity contribution is -0.123. The molecule has 0 saturated carbocycles. The van der Waals surface area contributed by atoms with Crippen LogP contribution in [0, 0.1) is 0 Å². The maximum Gasteiger partial charge on any atom is 0.340 e. The van der Waals surface area contributed by atoms with Crippen molar-refractivity contribution in [2.75, 3.05) is 35.2 Å². The number of rotatable bonds is 7. The number of anilines is 3. The van der Waals surface area contributed by atoms with E-state index in [4.69, 9.17) is 4.74 Å². The molecule has 1 saturated heterocycles. The molecule has 29 heavy (non-hydrogen) atoms. The van der Waals surface area contributed by atoms with E-state index in [0.29, 0.717) is 11.4 Å². The van der Waals surface area contributed by atoms with Gasteiger partial charge in [0, 0.05) is 24.5 Å². The van der Waals surface area contributed by atoms with E-state index in [1.54, 1.807) is 31.2 Å². The molecular formula is C22H25N3O4. The molecular weight excluding hydrogens is 370 g/mol. The van der Waals surface area contributed by atoms with Gasteiger partial charge >= 0.3 is 5.97 Å². The molecule has 2 N–H and O–H groups in total. The fourth-order valence-electron chi connectivity index (χ4n) is 3.26. The quantitative estimate of drug-likeness (QED) is 0.554. The van der Waals surface area contributed by atoms with Crippen LogP contribution in [-0.4, -0.2) is 37.5 Å². The predicted octanol–water partition coefficient (Wildman–Crippen LogP) is 3.43. The Bertz CT molecular complexity index is 874. The third kappa shape index (κ3) is 5.57. The van der Waals surface area contributed by atoms with Gasteiger partial charge in [0.1, 0.15) is 6.42 Å². The highest BCUT2D eigenvalue weighted by molar-refractivity contribution is 6.10. The summed E-state index contributed by atoms with van der Waals surface area (Å²) in [4.78, 5) is 38.7. The Balaban J connectivity index is 1.54. The van der Waals surface area contributed by atoms with Crippen molar-refractivity contribution in [2.45, 2.75) is 26.2 Å². The molecule has 2 aromatic rings. The van der Waals surface area contributed by atoms with Crippen LogP contribution in [0.25, 0.3) is 0 Å². The highest BCUT2D eigenvalue weighted by Gasteiger charge is 2.16. The molecule has 7 heteroatoms. The first kappa shape index (κ1) is 20.4. The minimum absolute atomic E-state index is 0.236. The number of hydrogen-bond donors (Lipinski definition) is 2. The molecule has 0 unspecified atom stereocenters. The van der Waals surface area contributed by atoms with Crippen molar-refractivity contribution in [1.82, 2.24) is 0 Å². The highest BCUT2D eigenvalue weighted by atomic mass is 16.5. The minimum atomic E-state index is -0.522. The Kier molecular flexibility index (Phi) is 6.84. The molecule has 0 bridgehead atoms. The third-order valence-corrected chi connectivity index (χ3v) is 4.64. The average molecular weight is 395 g/mol. The van der Waals surface area contributed by atoms with Crippen LogP contribution in [-0.2, 0) is 14.3 Å². The second-order valence-corrected chi connectivity index (χ2v) is 6.78. The maximum atomic E-state index is 12.2. The van der Waals surface area contributed by atoms with Gasteiger partial charge in [-0.2, -0.15) is 0 Å². The third-order valence-electron chi connectivity index (χ3n) is 4.64. The van der Waals surface area contributed by atoms with Crippen molar-refractivity contribution in [3.8, 4) is 0 Å². The lowest BCUT2D eigenvalue weighted by Crippen LogP contribution is -2.22. The Labute approximate surface area is 170 Å². The largest absolute Gasteiger partial charge is 0.462 e. The summed E-state index contributed by atoms with van der Waals surface area (Å²) in [7, 11) is 0. The minimum Gasteiger partial charge on any atom is -0.462 e. The normalized spacial score (nSPS) is 13.1. The van der Waals surface area contributed by atoms with Crippen LogP contribution < -0.4 is 15.5 Å². The number of para-hydroxylation sites is 1. The zero-order chi connectivity index (χ0) is 20.6. The molecule has 0 aliphatic carbocycles. The van der Waals surface area contributed by atoms with Crippen molar-refractivity contribution in [3.63, 3.8) is 0 Å². The lowest BCUT2D eigenvalue weighted by Gasteiger charge is -2.17. The van der Waals surface area contributed by atoms with E-state index < -0.39 is 17.8 Å². The van der Waals surface area contributed by atoms with E-state index in [1.165, 1.54) is 12.8 Å². The van der Waals surface area contributed by atoms with E-state index >= 15 is 0 Å². The van der Waals surface area contributed by atoms with Crippen molar-refractivity contribution >= 4 is 34.8 Å². The Hall–Kier alpha value is -3.35. The first-order valence-electron chi connectivity index (χ1n) is 9.77. The van der Waals surface area contributed by atoms with Gasteiger partial charge in [-0.15, -0.1) is 0 Å². The monoisotopic (exact) mass is 395 g/mol. The molecule has 1 aliphatic rings. The van der Waals surface area contributed by atoms with E-state index in [0.717, 1.165) is 18.8 Å². The van der Waals surface area contributed by atoms with Crippen LogP contribution in [0.1, 0.15) is 36.5 Å². The number of nitrogens with one attached hydrogen (secondary N) is 2. The topological polar surface area (TPSA) is 87.7 Å². The molecule has 152 valence electrons. The molecule has 1 fully saturated rings. The zero-order valence-corrected chi connectivity index (χ0v) is 16.4. The van der Waals surface area contributed by atoms with Crippen LogP contribution in [0.15, 0.2) is 48.5 Å². The molecule has 2 amide bonds. The summed E-state index contributed by atoms with van der Waals surface area (Å²) in [6.45, 7) is 4.06. The second kappa shape index (κ2) is 9.73. The molecule has 7 nitrogen and oxygen atoms in total.